The Hall–Kier alpha value is -1.29. The molecule has 1 aromatic rings. The van der Waals surface area contributed by atoms with E-state index in [2.05, 4.69) is 22.4 Å². The van der Waals surface area contributed by atoms with Gasteiger partial charge >= 0.3 is 0 Å². The molecule has 2 atom stereocenters. The van der Waals surface area contributed by atoms with Crippen LogP contribution in [0.15, 0.2) is 35.3 Å². The molecular formula is C12H12N2OS. The predicted molar refractivity (Wildman–Crippen MR) is 65.6 cm³/mol. The molecule has 0 saturated heterocycles. The van der Waals surface area contributed by atoms with Crippen LogP contribution in [0, 0.1) is 0 Å². The van der Waals surface area contributed by atoms with Gasteiger partial charge in [-0.2, -0.15) is 0 Å². The fourth-order valence-electron chi connectivity index (χ4n) is 2.27. The van der Waals surface area contributed by atoms with Crippen molar-refractivity contribution in [1.82, 2.24) is 5.32 Å². The van der Waals surface area contributed by atoms with E-state index in [4.69, 9.17) is 0 Å². The Kier molecular flexibility index (Phi) is 2.07. The van der Waals surface area contributed by atoms with Crippen molar-refractivity contribution in [2.75, 3.05) is 6.26 Å². The number of carbonyl (C=O) groups is 1. The van der Waals surface area contributed by atoms with Gasteiger partial charge in [-0.05, 0) is 18.2 Å². The van der Waals surface area contributed by atoms with E-state index in [-0.39, 0.29) is 11.8 Å². The van der Waals surface area contributed by atoms with Gasteiger partial charge < -0.3 is 5.32 Å². The van der Waals surface area contributed by atoms with Crippen LogP contribution in [-0.4, -0.2) is 22.9 Å². The van der Waals surface area contributed by atoms with E-state index >= 15 is 0 Å². The molecule has 1 amide bonds. The summed E-state index contributed by atoms with van der Waals surface area (Å²) >= 11 is 1.49. The monoisotopic (exact) mass is 232 g/mol. The molecule has 1 aliphatic carbocycles. The number of amides is 1. The second kappa shape index (κ2) is 3.35. The Morgan fingerprint density at radius 1 is 1.44 bits per heavy atom. The fraction of sp³-hybridized carbons (Fsp3) is 0.333. The average molecular weight is 232 g/mol. The van der Waals surface area contributed by atoms with Gasteiger partial charge in [0.25, 0.3) is 5.91 Å². The zero-order valence-electron chi connectivity index (χ0n) is 8.93. The minimum atomic E-state index is -0.486. The molecule has 0 radical (unpaired) electrons. The number of hydrogen-bond donors (Lipinski definition) is 1. The van der Waals surface area contributed by atoms with Crippen LogP contribution in [-0.2, 0) is 4.79 Å². The lowest BCUT2D eigenvalue weighted by Gasteiger charge is -2.03. The van der Waals surface area contributed by atoms with E-state index in [9.17, 15) is 4.79 Å². The summed E-state index contributed by atoms with van der Waals surface area (Å²) in [4.78, 5) is 16.4. The van der Waals surface area contributed by atoms with Gasteiger partial charge in [-0.25, -0.2) is 4.99 Å². The molecule has 0 aromatic heterocycles. The summed E-state index contributed by atoms with van der Waals surface area (Å²) in [6, 6.07) is 10.1. The average Bonchev–Trinajstić information content (AvgIpc) is 2.95. The van der Waals surface area contributed by atoms with Crippen LogP contribution >= 0.6 is 11.8 Å². The molecule has 1 N–H and O–H groups in total. The van der Waals surface area contributed by atoms with Crippen LogP contribution in [0.3, 0.4) is 0 Å². The van der Waals surface area contributed by atoms with Crippen molar-refractivity contribution in [3.8, 4) is 0 Å². The normalized spacial score (nSPS) is 31.4. The standard InChI is InChI=1S/C12H12N2OS/c1-16-11-13-10(15)12(14-11)7-9(12)8-5-3-2-4-6-8/h2-6,9H,7H2,1H3,(H,13,14,15)/t9-,12+/m0/s1. The van der Waals surface area contributed by atoms with Gasteiger partial charge in [-0.3, -0.25) is 4.79 Å². The van der Waals surface area contributed by atoms with Crippen molar-refractivity contribution in [3.05, 3.63) is 35.9 Å². The highest BCUT2D eigenvalue weighted by Gasteiger charge is 2.63. The Balaban J connectivity index is 1.90. The highest BCUT2D eigenvalue weighted by Crippen LogP contribution is 2.56. The topological polar surface area (TPSA) is 41.5 Å². The molecule has 3 nitrogen and oxygen atoms in total. The molecule has 1 saturated carbocycles. The maximum Gasteiger partial charge on any atom is 0.254 e. The van der Waals surface area contributed by atoms with Crippen molar-refractivity contribution < 1.29 is 4.79 Å². The highest BCUT2D eigenvalue weighted by molar-refractivity contribution is 8.13. The molecule has 2 aliphatic rings. The molecule has 1 fully saturated rings. The number of benzene rings is 1. The second-order valence-corrected chi connectivity index (χ2v) is 4.96. The third kappa shape index (κ3) is 1.29. The van der Waals surface area contributed by atoms with E-state index < -0.39 is 5.54 Å². The molecule has 1 aliphatic heterocycles. The van der Waals surface area contributed by atoms with Crippen LogP contribution in [0.1, 0.15) is 17.9 Å². The van der Waals surface area contributed by atoms with Crippen molar-refractivity contribution >= 4 is 22.8 Å². The summed E-state index contributed by atoms with van der Waals surface area (Å²) in [5.74, 6) is 0.323. The number of hydrogen-bond acceptors (Lipinski definition) is 3. The SMILES string of the molecule is CSC1=N[C@@]2(C[C@H]2c2ccccc2)C(=O)N1. The van der Waals surface area contributed by atoms with Crippen LogP contribution in [0.4, 0.5) is 0 Å². The summed E-state index contributed by atoms with van der Waals surface area (Å²) < 4.78 is 0. The van der Waals surface area contributed by atoms with E-state index in [0.29, 0.717) is 0 Å². The van der Waals surface area contributed by atoms with Gasteiger partial charge in [-0.1, -0.05) is 42.1 Å². The fourth-order valence-corrected chi connectivity index (χ4v) is 2.72. The van der Waals surface area contributed by atoms with E-state index in [1.807, 2.05) is 24.5 Å². The predicted octanol–water partition coefficient (Wildman–Crippen LogP) is 1.76. The van der Waals surface area contributed by atoms with Crippen LogP contribution < -0.4 is 5.32 Å². The van der Waals surface area contributed by atoms with Gasteiger partial charge in [0.05, 0.1) is 0 Å². The number of amidine groups is 1. The minimum Gasteiger partial charge on any atom is -0.303 e. The third-order valence-corrected chi connectivity index (χ3v) is 3.82. The number of nitrogens with one attached hydrogen (secondary N) is 1. The molecule has 1 spiro atoms. The Bertz CT molecular complexity index is 471. The molecule has 1 aromatic carbocycles. The first-order chi connectivity index (χ1) is 7.76. The van der Waals surface area contributed by atoms with Gasteiger partial charge in [0, 0.05) is 5.92 Å². The summed E-state index contributed by atoms with van der Waals surface area (Å²) in [6.07, 6.45) is 2.77. The van der Waals surface area contributed by atoms with Crippen molar-refractivity contribution in [2.45, 2.75) is 17.9 Å². The molecule has 82 valence electrons. The maximum absolute atomic E-state index is 11.9. The van der Waals surface area contributed by atoms with E-state index in [1.165, 1.54) is 17.3 Å². The number of nitrogens with zero attached hydrogens (tertiary/aromatic N) is 1. The van der Waals surface area contributed by atoms with Gasteiger partial charge in [0.2, 0.25) is 0 Å². The maximum atomic E-state index is 11.9. The second-order valence-electron chi connectivity index (χ2n) is 4.17. The Morgan fingerprint density at radius 2 is 2.19 bits per heavy atom. The van der Waals surface area contributed by atoms with Crippen molar-refractivity contribution in [3.63, 3.8) is 0 Å². The molecule has 0 unspecified atom stereocenters. The number of aliphatic imine (C=N–C) groups is 1. The van der Waals surface area contributed by atoms with E-state index in [1.54, 1.807) is 0 Å². The van der Waals surface area contributed by atoms with Gasteiger partial charge in [-0.15, -0.1) is 0 Å². The quantitative estimate of drug-likeness (QED) is 0.801. The zero-order valence-corrected chi connectivity index (χ0v) is 9.75. The first-order valence-electron chi connectivity index (χ1n) is 5.26. The van der Waals surface area contributed by atoms with Crippen LogP contribution in [0.2, 0.25) is 0 Å². The smallest absolute Gasteiger partial charge is 0.254 e. The van der Waals surface area contributed by atoms with Gasteiger partial charge in [0.1, 0.15) is 5.54 Å². The lowest BCUT2D eigenvalue weighted by molar-refractivity contribution is -0.121. The highest BCUT2D eigenvalue weighted by atomic mass is 32.2. The van der Waals surface area contributed by atoms with Gasteiger partial charge in [0.15, 0.2) is 5.17 Å². The zero-order chi connectivity index (χ0) is 11.2. The molecule has 3 rings (SSSR count). The molecule has 0 bridgehead atoms. The first-order valence-corrected chi connectivity index (χ1v) is 6.49. The Morgan fingerprint density at radius 3 is 2.81 bits per heavy atom. The van der Waals surface area contributed by atoms with Crippen LogP contribution in [0.5, 0.6) is 0 Å². The number of thioether (sulfide) groups is 1. The molecule has 1 heterocycles. The largest absolute Gasteiger partial charge is 0.303 e. The van der Waals surface area contributed by atoms with Crippen molar-refractivity contribution in [1.29, 1.82) is 0 Å². The summed E-state index contributed by atoms with van der Waals surface area (Å²) in [7, 11) is 0. The number of carbonyl (C=O) groups excluding carboxylic acids is 1. The number of rotatable bonds is 1. The van der Waals surface area contributed by atoms with E-state index in [0.717, 1.165) is 11.6 Å². The molecule has 4 heteroatoms. The summed E-state index contributed by atoms with van der Waals surface area (Å²) in [6.45, 7) is 0. The lowest BCUT2D eigenvalue weighted by atomic mass is 10.1. The molecule has 16 heavy (non-hydrogen) atoms. The minimum absolute atomic E-state index is 0.0608. The summed E-state index contributed by atoms with van der Waals surface area (Å²) in [5.41, 5.74) is 0.725. The summed E-state index contributed by atoms with van der Waals surface area (Å²) in [5, 5.41) is 3.58. The Labute approximate surface area is 98.3 Å². The lowest BCUT2D eigenvalue weighted by Crippen LogP contribution is -2.29. The third-order valence-electron chi connectivity index (χ3n) is 3.24. The first kappa shape index (κ1) is 9.90. The van der Waals surface area contributed by atoms with Crippen LogP contribution in [0.25, 0.3) is 0 Å². The van der Waals surface area contributed by atoms with Crippen molar-refractivity contribution in [2.24, 2.45) is 4.99 Å². The molecular weight excluding hydrogens is 220 g/mol.